The van der Waals surface area contributed by atoms with E-state index in [4.69, 9.17) is 9.47 Å². The minimum atomic E-state index is -0.0549. The third kappa shape index (κ3) is 5.77. The van der Waals surface area contributed by atoms with Gasteiger partial charge < -0.3 is 9.47 Å². The van der Waals surface area contributed by atoms with E-state index in [9.17, 15) is 0 Å². The molecule has 1 rings (SSSR count). The fourth-order valence-corrected chi connectivity index (χ4v) is 1.58. The van der Waals surface area contributed by atoms with E-state index in [2.05, 4.69) is 32.8 Å². The lowest BCUT2D eigenvalue weighted by molar-refractivity contribution is 0.146. The van der Waals surface area contributed by atoms with Crippen LogP contribution in [0.15, 0.2) is 36.9 Å². The predicted octanol–water partition coefficient (Wildman–Crippen LogP) is 2.96. The zero-order valence-electron chi connectivity index (χ0n) is 12.3. The smallest absolute Gasteiger partial charge is 0.133 e. The standard InChI is InChI=1S/C15H24N2O2/c1-6-10-19-12-17(16-15(2,3)4)13-8-7-9-14(11-13)18-5/h6-9,11,16H,1,10,12H2,2-5H3. The first-order chi connectivity index (χ1) is 8.96. The van der Waals surface area contributed by atoms with Gasteiger partial charge in [-0.25, -0.2) is 5.43 Å². The molecule has 0 amide bonds. The largest absolute Gasteiger partial charge is 0.497 e. The maximum atomic E-state index is 5.52. The van der Waals surface area contributed by atoms with Gasteiger partial charge in [-0.15, -0.1) is 6.58 Å². The number of nitrogens with zero attached hydrogens (tertiary/aromatic N) is 1. The van der Waals surface area contributed by atoms with Gasteiger partial charge in [-0.1, -0.05) is 12.1 Å². The second-order valence-corrected chi connectivity index (χ2v) is 5.28. The van der Waals surface area contributed by atoms with Gasteiger partial charge in [-0.2, -0.15) is 0 Å². The zero-order chi connectivity index (χ0) is 14.3. The third-order valence-corrected chi connectivity index (χ3v) is 2.29. The lowest BCUT2D eigenvalue weighted by atomic mass is 10.1. The van der Waals surface area contributed by atoms with E-state index >= 15 is 0 Å². The normalized spacial score (nSPS) is 11.2. The molecule has 1 N–H and O–H groups in total. The molecule has 0 heterocycles. The van der Waals surface area contributed by atoms with Crippen molar-refractivity contribution in [1.82, 2.24) is 5.43 Å². The Morgan fingerprint density at radius 2 is 2.11 bits per heavy atom. The van der Waals surface area contributed by atoms with E-state index < -0.39 is 0 Å². The van der Waals surface area contributed by atoms with Crippen molar-refractivity contribution in [2.75, 3.05) is 25.5 Å². The number of hydrogen-bond acceptors (Lipinski definition) is 4. The van der Waals surface area contributed by atoms with Gasteiger partial charge in [-0.05, 0) is 32.9 Å². The summed E-state index contributed by atoms with van der Waals surface area (Å²) in [6.07, 6.45) is 1.74. The molecule has 1 aromatic carbocycles. The Morgan fingerprint density at radius 1 is 1.37 bits per heavy atom. The molecule has 0 aromatic heterocycles. The van der Waals surface area contributed by atoms with E-state index in [1.165, 1.54) is 0 Å². The highest BCUT2D eigenvalue weighted by Gasteiger charge is 2.16. The quantitative estimate of drug-likeness (QED) is 0.355. The summed E-state index contributed by atoms with van der Waals surface area (Å²) in [5.74, 6) is 0.821. The second-order valence-electron chi connectivity index (χ2n) is 5.28. The van der Waals surface area contributed by atoms with Gasteiger partial charge in [-0.3, -0.25) is 5.01 Å². The van der Waals surface area contributed by atoms with E-state index in [0.717, 1.165) is 11.4 Å². The monoisotopic (exact) mass is 264 g/mol. The van der Waals surface area contributed by atoms with Gasteiger partial charge in [0.2, 0.25) is 0 Å². The molecule has 0 fully saturated rings. The van der Waals surface area contributed by atoms with Crippen molar-refractivity contribution in [1.29, 1.82) is 0 Å². The van der Waals surface area contributed by atoms with Crippen LogP contribution in [0.4, 0.5) is 5.69 Å². The number of anilines is 1. The number of hydrogen-bond donors (Lipinski definition) is 1. The molecule has 0 saturated carbocycles. The Balaban J connectivity index is 2.83. The van der Waals surface area contributed by atoms with Crippen LogP contribution >= 0.6 is 0 Å². The van der Waals surface area contributed by atoms with Crippen LogP contribution < -0.4 is 15.2 Å². The Labute approximate surface area is 116 Å². The molecule has 0 aliphatic rings. The summed E-state index contributed by atoms with van der Waals surface area (Å²) in [5, 5.41) is 1.96. The highest BCUT2D eigenvalue weighted by molar-refractivity contribution is 5.49. The molecule has 0 aliphatic heterocycles. The SMILES string of the molecule is C=CCOCN(NC(C)(C)C)c1cccc(OC)c1. The Bertz CT molecular complexity index is 399. The molecule has 0 radical (unpaired) electrons. The minimum Gasteiger partial charge on any atom is -0.497 e. The van der Waals surface area contributed by atoms with Gasteiger partial charge >= 0.3 is 0 Å². The summed E-state index contributed by atoms with van der Waals surface area (Å²) >= 11 is 0. The van der Waals surface area contributed by atoms with Gasteiger partial charge in [0.25, 0.3) is 0 Å². The van der Waals surface area contributed by atoms with Crippen molar-refractivity contribution in [2.45, 2.75) is 26.3 Å². The topological polar surface area (TPSA) is 33.7 Å². The average molecular weight is 264 g/mol. The molecule has 0 aliphatic carbocycles. The van der Waals surface area contributed by atoms with Crippen molar-refractivity contribution in [3.05, 3.63) is 36.9 Å². The van der Waals surface area contributed by atoms with Crippen LogP contribution in [0.3, 0.4) is 0 Å². The fraction of sp³-hybridized carbons (Fsp3) is 0.467. The maximum absolute atomic E-state index is 5.52. The van der Waals surface area contributed by atoms with Crippen LogP contribution in [-0.2, 0) is 4.74 Å². The molecule has 0 saturated heterocycles. The van der Waals surface area contributed by atoms with Crippen molar-refractivity contribution < 1.29 is 9.47 Å². The number of rotatable bonds is 7. The first kappa shape index (κ1) is 15.5. The van der Waals surface area contributed by atoms with Crippen LogP contribution in [-0.4, -0.2) is 26.0 Å². The summed E-state index contributed by atoms with van der Waals surface area (Å²) < 4.78 is 10.8. The fourth-order valence-electron chi connectivity index (χ4n) is 1.58. The Hall–Kier alpha value is -1.52. The first-order valence-corrected chi connectivity index (χ1v) is 6.34. The molecule has 4 nitrogen and oxygen atoms in total. The number of ether oxygens (including phenoxy) is 2. The average Bonchev–Trinajstić information content (AvgIpc) is 2.36. The number of benzene rings is 1. The molecule has 19 heavy (non-hydrogen) atoms. The highest BCUT2D eigenvalue weighted by atomic mass is 16.5. The van der Waals surface area contributed by atoms with Crippen molar-refractivity contribution in [3.63, 3.8) is 0 Å². The molecular formula is C15H24N2O2. The summed E-state index contributed by atoms with van der Waals surface area (Å²) in [6, 6.07) is 7.86. The van der Waals surface area contributed by atoms with Crippen molar-refractivity contribution in [2.24, 2.45) is 0 Å². The summed E-state index contributed by atoms with van der Waals surface area (Å²) in [4.78, 5) is 0. The van der Waals surface area contributed by atoms with Gasteiger partial charge in [0.05, 0.1) is 19.4 Å². The van der Waals surface area contributed by atoms with Gasteiger partial charge in [0.15, 0.2) is 0 Å². The minimum absolute atomic E-state index is 0.0549. The van der Waals surface area contributed by atoms with Crippen LogP contribution in [0.25, 0.3) is 0 Å². The maximum Gasteiger partial charge on any atom is 0.133 e. The molecular weight excluding hydrogens is 240 g/mol. The molecule has 0 unspecified atom stereocenters. The molecule has 1 aromatic rings. The highest BCUT2D eigenvalue weighted by Crippen LogP contribution is 2.20. The summed E-state index contributed by atoms with van der Waals surface area (Å²) in [6.45, 7) is 10.9. The van der Waals surface area contributed by atoms with Crippen molar-refractivity contribution >= 4 is 5.69 Å². The first-order valence-electron chi connectivity index (χ1n) is 6.34. The third-order valence-electron chi connectivity index (χ3n) is 2.29. The molecule has 0 spiro atoms. The van der Waals surface area contributed by atoms with E-state index in [-0.39, 0.29) is 5.54 Å². The van der Waals surface area contributed by atoms with Crippen LogP contribution in [0.2, 0.25) is 0 Å². The second kappa shape index (κ2) is 7.16. The molecule has 0 atom stereocenters. The number of methoxy groups -OCH3 is 1. The van der Waals surface area contributed by atoms with Crippen LogP contribution in [0.5, 0.6) is 5.75 Å². The van der Waals surface area contributed by atoms with E-state index in [0.29, 0.717) is 13.3 Å². The molecule has 0 bridgehead atoms. The summed E-state index contributed by atoms with van der Waals surface area (Å²) in [7, 11) is 1.66. The van der Waals surface area contributed by atoms with Crippen LogP contribution in [0.1, 0.15) is 20.8 Å². The molecule has 106 valence electrons. The van der Waals surface area contributed by atoms with E-state index in [1.807, 2.05) is 29.3 Å². The zero-order valence-corrected chi connectivity index (χ0v) is 12.3. The summed E-state index contributed by atoms with van der Waals surface area (Å²) in [5.41, 5.74) is 4.34. The number of nitrogens with one attached hydrogen (secondary N) is 1. The molecule has 4 heteroatoms. The lowest BCUT2D eigenvalue weighted by Crippen LogP contribution is -2.50. The Morgan fingerprint density at radius 3 is 2.68 bits per heavy atom. The predicted molar refractivity (Wildman–Crippen MR) is 79.4 cm³/mol. The van der Waals surface area contributed by atoms with Crippen LogP contribution in [0, 0.1) is 0 Å². The van der Waals surface area contributed by atoms with Crippen molar-refractivity contribution in [3.8, 4) is 5.75 Å². The van der Waals surface area contributed by atoms with Gasteiger partial charge in [0, 0.05) is 11.6 Å². The Kier molecular flexibility index (Phi) is 5.86. The number of hydrazine groups is 1. The van der Waals surface area contributed by atoms with E-state index in [1.54, 1.807) is 13.2 Å². The lowest BCUT2D eigenvalue weighted by Gasteiger charge is -2.33. The van der Waals surface area contributed by atoms with Gasteiger partial charge in [0.1, 0.15) is 12.5 Å².